The van der Waals surface area contributed by atoms with Crippen LogP contribution in [0, 0.1) is 12.8 Å². The summed E-state index contributed by atoms with van der Waals surface area (Å²) in [5.41, 5.74) is 9.75. The Kier molecular flexibility index (Phi) is 9.94. The van der Waals surface area contributed by atoms with Crippen LogP contribution in [0.2, 0.25) is 0 Å². The molecule has 5 rings (SSSR count). The molecule has 2 N–H and O–H groups in total. The first kappa shape index (κ1) is 33.6. The van der Waals surface area contributed by atoms with Crippen molar-refractivity contribution in [2.75, 3.05) is 31.1 Å². The SMILES string of the molecule is Cc1ccc(OC(C)F)c(Cn2c3cc(-c4cnc(N5CCN(C(=O)COC(=O)[C@@H](N)C(C)C)[C@H](C)C5)nc4)ccc3c(=O)n2C)c1. The van der Waals surface area contributed by atoms with E-state index in [1.165, 1.54) is 6.92 Å². The van der Waals surface area contributed by atoms with Crippen molar-refractivity contribution in [2.24, 2.45) is 18.7 Å². The van der Waals surface area contributed by atoms with E-state index in [4.69, 9.17) is 15.2 Å². The fourth-order valence-corrected chi connectivity index (χ4v) is 5.75. The molecule has 1 fully saturated rings. The molecular weight excluding hydrogens is 605 g/mol. The molecule has 0 aliphatic carbocycles. The minimum Gasteiger partial charge on any atom is -0.460 e. The fraction of sp³-hybridized carbons (Fsp3) is 0.441. The van der Waals surface area contributed by atoms with E-state index in [9.17, 15) is 18.8 Å². The summed E-state index contributed by atoms with van der Waals surface area (Å²) in [5.74, 6) is 0.0286. The van der Waals surface area contributed by atoms with Gasteiger partial charge in [-0.1, -0.05) is 37.6 Å². The summed E-state index contributed by atoms with van der Waals surface area (Å²) >= 11 is 0. The first-order valence-corrected chi connectivity index (χ1v) is 15.7. The molecule has 12 nitrogen and oxygen atoms in total. The van der Waals surface area contributed by atoms with Crippen LogP contribution in [-0.4, -0.2) is 80.8 Å². The number of aromatic nitrogens is 4. The number of hydrogen-bond acceptors (Lipinski definition) is 9. The zero-order valence-corrected chi connectivity index (χ0v) is 27.6. The second-order valence-electron chi connectivity index (χ2n) is 12.4. The second kappa shape index (κ2) is 13.9. The van der Waals surface area contributed by atoms with Crippen LogP contribution in [0.4, 0.5) is 10.3 Å². The van der Waals surface area contributed by atoms with E-state index in [1.807, 2.05) is 61.5 Å². The highest BCUT2D eigenvalue weighted by atomic mass is 19.1. The predicted octanol–water partition coefficient (Wildman–Crippen LogP) is 3.41. The Hall–Kier alpha value is -4.78. The monoisotopic (exact) mass is 647 g/mol. The molecule has 47 heavy (non-hydrogen) atoms. The Morgan fingerprint density at radius 3 is 2.45 bits per heavy atom. The average molecular weight is 648 g/mol. The lowest BCUT2D eigenvalue weighted by molar-refractivity contribution is -0.154. The van der Waals surface area contributed by atoms with E-state index in [-0.39, 0.29) is 30.0 Å². The van der Waals surface area contributed by atoms with Gasteiger partial charge in [0.25, 0.3) is 11.5 Å². The molecule has 0 radical (unpaired) electrons. The Morgan fingerprint density at radius 2 is 1.79 bits per heavy atom. The van der Waals surface area contributed by atoms with E-state index >= 15 is 0 Å². The number of carbonyl (C=O) groups excluding carboxylic acids is 2. The van der Waals surface area contributed by atoms with Crippen LogP contribution in [0.5, 0.6) is 5.75 Å². The molecule has 13 heteroatoms. The highest BCUT2D eigenvalue weighted by Gasteiger charge is 2.30. The topological polar surface area (TPSA) is 138 Å². The number of halogens is 1. The Labute approximate surface area is 272 Å². The normalized spacial score (nSPS) is 16.4. The number of nitrogens with two attached hydrogens (primary N) is 1. The number of hydrogen-bond donors (Lipinski definition) is 1. The van der Waals surface area contributed by atoms with Gasteiger partial charge in [-0.15, -0.1) is 0 Å². The van der Waals surface area contributed by atoms with Gasteiger partial charge in [0.05, 0.1) is 17.4 Å². The van der Waals surface area contributed by atoms with Crippen molar-refractivity contribution in [3.05, 3.63) is 70.3 Å². The molecule has 1 unspecified atom stereocenters. The van der Waals surface area contributed by atoms with Gasteiger partial charge in [-0.05, 0) is 43.5 Å². The van der Waals surface area contributed by atoms with Crippen LogP contribution in [-0.2, 0) is 27.9 Å². The van der Waals surface area contributed by atoms with Crippen molar-refractivity contribution in [1.82, 2.24) is 24.2 Å². The lowest BCUT2D eigenvalue weighted by Gasteiger charge is -2.39. The standard InChI is InChI=1S/C34H42FN7O5/c1-20(2)31(36)33(45)46-19-30(43)41-12-11-40(17-22(41)4)34-37-15-26(16-38-34)24-8-9-27-28(14-24)42(39(6)32(27)44)18-25-13-21(3)7-10-29(25)47-23(5)35/h7-10,13-16,20,22-23,31H,11-12,17-19,36H2,1-6H3/t22-,23?,31+/m1/s1. The summed E-state index contributed by atoms with van der Waals surface area (Å²) in [6.45, 7) is 10.3. The van der Waals surface area contributed by atoms with E-state index in [2.05, 4.69) is 9.97 Å². The number of nitrogens with zero attached hydrogens (tertiary/aromatic N) is 6. The number of benzene rings is 2. The van der Waals surface area contributed by atoms with Crippen molar-refractivity contribution in [3.8, 4) is 16.9 Å². The van der Waals surface area contributed by atoms with Gasteiger partial charge < -0.3 is 25.0 Å². The molecule has 2 aromatic heterocycles. The van der Waals surface area contributed by atoms with Gasteiger partial charge in [0.15, 0.2) is 6.61 Å². The maximum absolute atomic E-state index is 13.8. The summed E-state index contributed by atoms with van der Waals surface area (Å²) in [6, 6.07) is 10.2. The quantitative estimate of drug-likeness (QED) is 0.257. The summed E-state index contributed by atoms with van der Waals surface area (Å²) in [4.78, 5) is 50.9. The van der Waals surface area contributed by atoms with Crippen LogP contribution in [0.15, 0.2) is 53.6 Å². The van der Waals surface area contributed by atoms with E-state index in [0.29, 0.717) is 48.8 Å². The lowest BCUT2D eigenvalue weighted by Crippen LogP contribution is -2.55. The summed E-state index contributed by atoms with van der Waals surface area (Å²) < 4.78 is 27.7. The van der Waals surface area contributed by atoms with Gasteiger partial charge in [0.2, 0.25) is 12.3 Å². The number of anilines is 1. The van der Waals surface area contributed by atoms with Crippen LogP contribution >= 0.6 is 0 Å². The van der Waals surface area contributed by atoms with E-state index in [0.717, 1.165) is 22.3 Å². The molecule has 0 bridgehead atoms. The van der Waals surface area contributed by atoms with Crippen molar-refractivity contribution in [2.45, 2.75) is 59.6 Å². The first-order chi connectivity index (χ1) is 22.3. The third-order valence-corrected chi connectivity index (χ3v) is 8.52. The second-order valence-corrected chi connectivity index (χ2v) is 12.4. The number of piperazine rings is 1. The van der Waals surface area contributed by atoms with Gasteiger partial charge in [0.1, 0.15) is 11.8 Å². The molecule has 1 aliphatic heterocycles. The predicted molar refractivity (Wildman–Crippen MR) is 177 cm³/mol. The lowest BCUT2D eigenvalue weighted by atomic mass is 10.1. The van der Waals surface area contributed by atoms with Crippen LogP contribution in [0.1, 0.15) is 38.8 Å². The summed E-state index contributed by atoms with van der Waals surface area (Å²) in [7, 11) is 1.71. The maximum Gasteiger partial charge on any atom is 0.323 e. The highest BCUT2D eigenvalue weighted by molar-refractivity contribution is 5.85. The Bertz CT molecular complexity index is 1820. The third kappa shape index (κ3) is 7.30. The van der Waals surface area contributed by atoms with Crippen LogP contribution < -0.4 is 20.9 Å². The fourth-order valence-electron chi connectivity index (χ4n) is 5.75. The van der Waals surface area contributed by atoms with Gasteiger partial charge in [-0.25, -0.2) is 14.4 Å². The first-order valence-electron chi connectivity index (χ1n) is 15.7. The number of alkyl halides is 1. The van der Waals surface area contributed by atoms with Gasteiger partial charge in [0, 0.05) is 63.2 Å². The molecule has 0 saturated carbocycles. The Balaban J connectivity index is 1.30. The number of fused-ring (bicyclic) bond motifs is 1. The number of ether oxygens (including phenoxy) is 2. The third-order valence-electron chi connectivity index (χ3n) is 8.52. The Morgan fingerprint density at radius 1 is 1.06 bits per heavy atom. The van der Waals surface area contributed by atoms with Crippen LogP contribution in [0.3, 0.4) is 0 Å². The molecule has 1 saturated heterocycles. The molecule has 1 aliphatic rings. The summed E-state index contributed by atoms with van der Waals surface area (Å²) in [5, 5.41) is 0.557. The molecule has 250 valence electrons. The van der Waals surface area contributed by atoms with Crippen molar-refractivity contribution in [3.63, 3.8) is 0 Å². The van der Waals surface area contributed by atoms with Gasteiger partial charge in [-0.3, -0.25) is 23.7 Å². The zero-order chi connectivity index (χ0) is 34.0. The maximum atomic E-state index is 13.8. The molecule has 3 atom stereocenters. The zero-order valence-electron chi connectivity index (χ0n) is 27.6. The average Bonchev–Trinajstić information content (AvgIpc) is 3.28. The minimum absolute atomic E-state index is 0.0824. The molecule has 2 aromatic carbocycles. The van der Waals surface area contributed by atoms with Crippen molar-refractivity contribution >= 4 is 28.7 Å². The molecule has 0 spiro atoms. The molecule has 4 aromatic rings. The van der Waals surface area contributed by atoms with Gasteiger partial charge in [-0.2, -0.15) is 0 Å². The number of esters is 1. The molecule has 1 amide bonds. The number of aryl methyl sites for hydroxylation is 1. The smallest absolute Gasteiger partial charge is 0.323 e. The van der Waals surface area contributed by atoms with Crippen LogP contribution in [0.25, 0.3) is 22.0 Å². The number of carbonyl (C=O) groups is 2. The molecule has 3 heterocycles. The number of rotatable bonds is 10. The van der Waals surface area contributed by atoms with E-state index in [1.54, 1.807) is 41.2 Å². The largest absolute Gasteiger partial charge is 0.460 e. The highest BCUT2D eigenvalue weighted by Crippen LogP contribution is 2.27. The van der Waals surface area contributed by atoms with Gasteiger partial charge >= 0.3 is 5.97 Å². The van der Waals surface area contributed by atoms with Crippen molar-refractivity contribution in [1.29, 1.82) is 0 Å². The summed E-state index contributed by atoms with van der Waals surface area (Å²) in [6.07, 6.45) is 2.00. The number of amides is 1. The molecular formula is C34H42FN7O5. The minimum atomic E-state index is -1.48. The van der Waals surface area contributed by atoms with E-state index < -0.39 is 18.4 Å². The van der Waals surface area contributed by atoms with Crippen molar-refractivity contribution < 1.29 is 23.5 Å².